The van der Waals surface area contributed by atoms with Crippen LogP contribution in [0, 0.1) is 5.92 Å². The zero-order valence-corrected chi connectivity index (χ0v) is 6.34. The minimum absolute atomic E-state index is 0.274. The number of hydrogen-bond donors (Lipinski definition) is 0. The third-order valence-electron chi connectivity index (χ3n) is 2.24. The van der Waals surface area contributed by atoms with E-state index < -0.39 is 0 Å². The monoisotopic (exact) mass is 139 g/mol. The number of carbonyl (C=O) groups excluding carboxylic acids is 1. The van der Waals surface area contributed by atoms with E-state index in [9.17, 15) is 4.79 Å². The summed E-state index contributed by atoms with van der Waals surface area (Å²) < 4.78 is 0. The van der Waals surface area contributed by atoms with Crippen molar-refractivity contribution in [2.24, 2.45) is 10.9 Å². The van der Waals surface area contributed by atoms with Crippen LogP contribution in [-0.2, 0) is 4.79 Å². The number of Topliss-reactive ketones (excluding diaryl/α,β-unsaturated/α-hetero) is 1. The van der Waals surface area contributed by atoms with E-state index in [0.29, 0.717) is 11.8 Å². The van der Waals surface area contributed by atoms with Crippen molar-refractivity contribution in [2.75, 3.05) is 0 Å². The molecular weight excluding hydrogens is 126 g/mol. The molecule has 0 unspecified atom stereocenters. The molecule has 0 N–H and O–H groups in total. The fourth-order valence-electron chi connectivity index (χ4n) is 1.49. The average molecular weight is 139 g/mol. The van der Waals surface area contributed by atoms with Gasteiger partial charge >= 0.3 is 0 Å². The molecule has 0 radical (unpaired) electrons. The zero-order chi connectivity index (χ0) is 7.56. The Bertz CT molecular complexity index is 153. The lowest BCUT2D eigenvalue weighted by Crippen LogP contribution is -2.07. The normalized spacial score (nSPS) is 32.1. The van der Waals surface area contributed by atoms with Crippen molar-refractivity contribution in [1.82, 2.24) is 0 Å². The molecule has 1 rings (SSSR count). The van der Waals surface area contributed by atoms with Crippen LogP contribution < -0.4 is 0 Å². The predicted molar refractivity (Wildman–Crippen MR) is 41.4 cm³/mol. The average Bonchev–Trinajstić information content (AvgIpc) is 2.34. The SMILES string of the molecule is C=N[C@@H]1CC[C@H](C(C)=O)C1. The summed E-state index contributed by atoms with van der Waals surface area (Å²) in [6, 6.07) is 0.355. The van der Waals surface area contributed by atoms with E-state index in [1.165, 1.54) is 0 Å². The van der Waals surface area contributed by atoms with E-state index in [1.807, 2.05) is 0 Å². The highest BCUT2D eigenvalue weighted by molar-refractivity contribution is 5.78. The van der Waals surface area contributed by atoms with Crippen LogP contribution in [-0.4, -0.2) is 18.5 Å². The Kier molecular flexibility index (Phi) is 2.20. The van der Waals surface area contributed by atoms with Gasteiger partial charge in [-0.3, -0.25) is 9.79 Å². The van der Waals surface area contributed by atoms with Gasteiger partial charge in [-0.25, -0.2) is 0 Å². The fourth-order valence-corrected chi connectivity index (χ4v) is 1.49. The molecule has 0 amide bonds. The Balaban J connectivity index is 2.42. The molecule has 2 nitrogen and oxygen atoms in total. The summed E-state index contributed by atoms with van der Waals surface area (Å²) in [6.07, 6.45) is 2.99. The Labute approximate surface area is 61.3 Å². The van der Waals surface area contributed by atoms with Gasteiger partial charge in [0.15, 0.2) is 0 Å². The number of nitrogens with zero attached hydrogens (tertiary/aromatic N) is 1. The van der Waals surface area contributed by atoms with Crippen LogP contribution in [0.25, 0.3) is 0 Å². The molecule has 0 aromatic rings. The van der Waals surface area contributed by atoms with Gasteiger partial charge in [0.25, 0.3) is 0 Å². The summed E-state index contributed by atoms with van der Waals surface area (Å²) in [7, 11) is 0. The van der Waals surface area contributed by atoms with Crippen LogP contribution in [0.15, 0.2) is 4.99 Å². The molecule has 0 heterocycles. The van der Waals surface area contributed by atoms with Crippen molar-refractivity contribution in [3.05, 3.63) is 0 Å². The minimum atomic E-state index is 0.274. The summed E-state index contributed by atoms with van der Waals surface area (Å²) in [5.74, 6) is 0.585. The smallest absolute Gasteiger partial charge is 0.132 e. The largest absolute Gasteiger partial charge is 0.300 e. The van der Waals surface area contributed by atoms with E-state index in [0.717, 1.165) is 19.3 Å². The lowest BCUT2D eigenvalue weighted by molar-refractivity contribution is -0.120. The summed E-state index contributed by atoms with van der Waals surface area (Å²) in [6.45, 7) is 5.14. The third kappa shape index (κ3) is 1.43. The fraction of sp³-hybridized carbons (Fsp3) is 0.750. The Hall–Kier alpha value is -0.660. The molecule has 0 saturated heterocycles. The summed E-state index contributed by atoms with van der Waals surface area (Å²) in [5.41, 5.74) is 0. The van der Waals surface area contributed by atoms with E-state index in [4.69, 9.17) is 0 Å². The molecule has 1 aliphatic carbocycles. The maximum absolute atomic E-state index is 10.8. The zero-order valence-electron chi connectivity index (χ0n) is 6.34. The van der Waals surface area contributed by atoms with Crippen LogP contribution in [0.5, 0.6) is 0 Å². The standard InChI is InChI=1S/C8H13NO/c1-6(10)7-3-4-8(5-7)9-2/h7-8H,2-5H2,1H3/t7-,8+/m0/s1. The molecule has 0 spiro atoms. The molecule has 0 aromatic carbocycles. The second-order valence-corrected chi connectivity index (χ2v) is 2.96. The molecule has 0 aromatic heterocycles. The molecule has 10 heavy (non-hydrogen) atoms. The number of rotatable bonds is 2. The van der Waals surface area contributed by atoms with Gasteiger partial charge in [-0.2, -0.15) is 0 Å². The molecule has 2 atom stereocenters. The molecule has 1 aliphatic rings. The molecular formula is C8H13NO. The van der Waals surface area contributed by atoms with Crippen molar-refractivity contribution in [2.45, 2.75) is 32.2 Å². The first-order valence-corrected chi connectivity index (χ1v) is 3.70. The molecule has 1 fully saturated rings. The maximum atomic E-state index is 10.8. The number of ketones is 1. The highest BCUT2D eigenvalue weighted by Crippen LogP contribution is 2.27. The summed E-state index contributed by atoms with van der Waals surface area (Å²) in [5, 5.41) is 0. The van der Waals surface area contributed by atoms with Gasteiger partial charge < -0.3 is 0 Å². The van der Waals surface area contributed by atoms with Crippen molar-refractivity contribution >= 4 is 12.5 Å². The van der Waals surface area contributed by atoms with Crippen molar-refractivity contribution in [3.8, 4) is 0 Å². The van der Waals surface area contributed by atoms with Gasteiger partial charge in [-0.05, 0) is 32.9 Å². The van der Waals surface area contributed by atoms with Crippen LogP contribution in [0.2, 0.25) is 0 Å². The highest BCUT2D eigenvalue weighted by atomic mass is 16.1. The first kappa shape index (κ1) is 7.45. The number of hydrogen-bond acceptors (Lipinski definition) is 2. The maximum Gasteiger partial charge on any atom is 0.132 e. The minimum Gasteiger partial charge on any atom is -0.300 e. The van der Waals surface area contributed by atoms with Gasteiger partial charge in [-0.15, -0.1) is 0 Å². The van der Waals surface area contributed by atoms with Crippen molar-refractivity contribution < 1.29 is 4.79 Å². The van der Waals surface area contributed by atoms with Crippen LogP contribution in [0.1, 0.15) is 26.2 Å². The summed E-state index contributed by atoms with van der Waals surface area (Å²) >= 11 is 0. The van der Waals surface area contributed by atoms with Gasteiger partial charge in [0, 0.05) is 12.0 Å². The van der Waals surface area contributed by atoms with Crippen molar-refractivity contribution in [3.63, 3.8) is 0 Å². The van der Waals surface area contributed by atoms with Crippen LogP contribution in [0.3, 0.4) is 0 Å². The van der Waals surface area contributed by atoms with Gasteiger partial charge in [0.1, 0.15) is 5.78 Å². The number of aliphatic imine (C=N–C) groups is 1. The molecule has 56 valence electrons. The predicted octanol–water partition coefficient (Wildman–Crippen LogP) is 1.44. The van der Waals surface area contributed by atoms with E-state index in [2.05, 4.69) is 11.7 Å². The van der Waals surface area contributed by atoms with Gasteiger partial charge in [0.2, 0.25) is 0 Å². The first-order chi connectivity index (χ1) is 4.74. The van der Waals surface area contributed by atoms with E-state index >= 15 is 0 Å². The third-order valence-corrected chi connectivity index (χ3v) is 2.24. The van der Waals surface area contributed by atoms with Crippen molar-refractivity contribution in [1.29, 1.82) is 0 Å². The first-order valence-electron chi connectivity index (χ1n) is 3.70. The highest BCUT2D eigenvalue weighted by Gasteiger charge is 2.26. The summed E-state index contributed by atoms with van der Waals surface area (Å²) in [4.78, 5) is 14.8. The van der Waals surface area contributed by atoms with E-state index in [1.54, 1.807) is 6.92 Å². The van der Waals surface area contributed by atoms with E-state index in [-0.39, 0.29) is 5.92 Å². The lowest BCUT2D eigenvalue weighted by Gasteiger charge is -2.02. The second kappa shape index (κ2) is 2.95. The Morgan fingerprint density at radius 2 is 2.30 bits per heavy atom. The topological polar surface area (TPSA) is 29.4 Å². The number of carbonyl (C=O) groups is 1. The van der Waals surface area contributed by atoms with Crippen LogP contribution >= 0.6 is 0 Å². The quantitative estimate of drug-likeness (QED) is 0.532. The van der Waals surface area contributed by atoms with Gasteiger partial charge in [-0.1, -0.05) is 0 Å². The molecule has 0 bridgehead atoms. The second-order valence-electron chi connectivity index (χ2n) is 2.96. The molecule has 1 saturated carbocycles. The molecule has 2 heteroatoms. The Morgan fingerprint density at radius 3 is 2.60 bits per heavy atom. The van der Waals surface area contributed by atoms with Gasteiger partial charge in [0.05, 0.1) is 0 Å². The lowest BCUT2D eigenvalue weighted by atomic mass is 10.0. The molecule has 0 aliphatic heterocycles. The Morgan fingerprint density at radius 1 is 1.60 bits per heavy atom. The van der Waals surface area contributed by atoms with Crippen LogP contribution in [0.4, 0.5) is 0 Å².